The van der Waals surface area contributed by atoms with Crippen molar-refractivity contribution in [1.29, 1.82) is 0 Å². The number of benzene rings is 2. The first-order chi connectivity index (χ1) is 11.1. The van der Waals surface area contributed by atoms with E-state index in [4.69, 9.17) is 4.42 Å². The maximum atomic E-state index is 12.4. The van der Waals surface area contributed by atoms with Gasteiger partial charge in [0.2, 0.25) is 0 Å². The molecule has 4 heteroatoms. The maximum absolute atomic E-state index is 12.4. The summed E-state index contributed by atoms with van der Waals surface area (Å²) in [5.41, 5.74) is 0.819. The summed E-state index contributed by atoms with van der Waals surface area (Å²) < 4.78 is 5.38. The Labute approximate surface area is 135 Å². The van der Waals surface area contributed by atoms with E-state index in [1.807, 2.05) is 67.7 Å². The third-order valence-corrected chi connectivity index (χ3v) is 4.00. The molecule has 3 rings (SSSR count). The van der Waals surface area contributed by atoms with Crippen molar-refractivity contribution >= 4 is 22.4 Å². The average Bonchev–Trinajstić information content (AvgIpc) is 3.09. The third-order valence-electron chi connectivity index (χ3n) is 4.00. The van der Waals surface area contributed by atoms with E-state index in [1.165, 1.54) is 0 Å². The fourth-order valence-electron chi connectivity index (χ4n) is 2.69. The topological polar surface area (TPSA) is 58.9 Å². The summed E-state index contributed by atoms with van der Waals surface area (Å²) in [7, 11) is 0. The second-order valence-corrected chi connectivity index (χ2v) is 5.84. The van der Waals surface area contributed by atoms with Crippen LogP contribution in [0.2, 0.25) is 0 Å². The van der Waals surface area contributed by atoms with Crippen molar-refractivity contribution in [2.24, 2.45) is 0 Å². The molecule has 2 atom stereocenters. The van der Waals surface area contributed by atoms with Crippen molar-refractivity contribution < 1.29 is 14.5 Å². The number of amides is 1. The minimum absolute atomic E-state index is 0.0151. The lowest BCUT2D eigenvalue weighted by Crippen LogP contribution is -2.91. The minimum Gasteiger partial charge on any atom is -0.463 e. The first kappa shape index (κ1) is 15.3. The number of furan rings is 1. The second kappa shape index (κ2) is 6.67. The normalized spacial score (nSPS) is 13.7. The number of hydrogen-bond acceptors (Lipinski definition) is 2. The fraction of sp³-hybridized carbons (Fsp3) is 0.211. The van der Waals surface area contributed by atoms with Gasteiger partial charge in [0, 0.05) is 5.69 Å². The second-order valence-electron chi connectivity index (χ2n) is 5.84. The van der Waals surface area contributed by atoms with Gasteiger partial charge in [-0.25, -0.2) is 0 Å². The molecule has 1 heterocycles. The largest absolute Gasteiger partial charge is 0.463 e. The van der Waals surface area contributed by atoms with Gasteiger partial charge in [0.1, 0.15) is 6.04 Å². The predicted octanol–water partition coefficient (Wildman–Crippen LogP) is 3.08. The zero-order valence-electron chi connectivity index (χ0n) is 13.3. The van der Waals surface area contributed by atoms with Gasteiger partial charge in [0.25, 0.3) is 5.91 Å². The molecular formula is C19H21N2O2+. The van der Waals surface area contributed by atoms with Gasteiger partial charge in [-0.15, -0.1) is 0 Å². The quantitative estimate of drug-likeness (QED) is 0.761. The Balaban J connectivity index is 1.65. The van der Waals surface area contributed by atoms with Crippen LogP contribution in [0.3, 0.4) is 0 Å². The summed E-state index contributed by atoms with van der Waals surface area (Å²) in [6, 6.07) is 17.7. The molecule has 0 radical (unpaired) electrons. The third kappa shape index (κ3) is 3.60. The van der Waals surface area contributed by atoms with Crippen molar-refractivity contribution in [2.45, 2.75) is 25.9 Å². The lowest BCUT2D eigenvalue weighted by Gasteiger charge is -2.15. The Kier molecular flexibility index (Phi) is 4.44. The van der Waals surface area contributed by atoms with Gasteiger partial charge in [0.15, 0.2) is 11.8 Å². The molecule has 118 valence electrons. The average molecular weight is 309 g/mol. The monoisotopic (exact) mass is 309 g/mol. The van der Waals surface area contributed by atoms with E-state index in [0.29, 0.717) is 0 Å². The Morgan fingerprint density at radius 3 is 2.57 bits per heavy atom. The molecular weight excluding hydrogens is 288 g/mol. The van der Waals surface area contributed by atoms with Crippen LogP contribution < -0.4 is 10.6 Å². The molecule has 0 aliphatic carbocycles. The summed E-state index contributed by atoms with van der Waals surface area (Å²) in [5, 5.41) is 7.26. The molecule has 4 nitrogen and oxygen atoms in total. The van der Waals surface area contributed by atoms with E-state index in [1.54, 1.807) is 6.26 Å². The van der Waals surface area contributed by atoms with Crippen LogP contribution in [0.25, 0.3) is 10.8 Å². The molecule has 0 fully saturated rings. The van der Waals surface area contributed by atoms with Crippen LogP contribution >= 0.6 is 0 Å². The predicted molar refractivity (Wildman–Crippen MR) is 91.1 cm³/mol. The zero-order chi connectivity index (χ0) is 16.2. The molecule has 0 saturated heterocycles. The summed E-state index contributed by atoms with van der Waals surface area (Å²) in [6.45, 7) is 3.93. The minimum atomic E-state index is -0.207. The standard InChI is InChI=1S/C19H20N2O2/c1-13(18-8-5-11-23-18)20-14(2)19(22)21-17-10-9-15-6-3-4-7-16(15)12-17/h3-14,20H,1-2H3,(H,21,22)/p+1/t13-,14-/m1/s1. The van der Waals surface area contributed by atoms with Crippen molar-refractivity contribution in [1.82, 2.24) is 0 Å². The van der Waals surface area contributed by atoms with Gasteiger partial charge in [-0.2, -0.15) is 0 Å². The number of carbonyl (C=O) groups excluding carboxylic acids is 1. The molecule has 1 aromatic heterocycles. The Bertz CT molecular complexity index is 796. The molecule has 1 amide bonds. The number of quaternary nitrogens is 1. The number of anilines is 1. The zero-order valence-corrected chi connectivity index (χ0v) is 13.3. The lowest BCUT2D eigenvalue weighted by atomic mass is 10.1. The summed E-state index contributed by atoms with van der Waals surface area (Å²) in [4.78, 5) is 12.4. The Morgan fingerprint density at radius 1 is 1.04 bits per heavy atom. The molecule has 0 unspecified atom stereocenters. The number of nitrogens with two attached hydrogens (primary N) is 1. The van der Waals surface area contributed by atoms with Crippen molar-refractivity contribution in [2.75, 3.05) is 5.32 Å². The van der Waals surface area contributed by atoms with Gasteiger partial charge in [-0.1, -0.05) is 30.3 Å². The number of rotatable bonds is 5. The maximum Gasteiger partial charge on any atom is 0.282 e. The van der Waals surface area contributed by atoms with Crippen molar-refractivity contribution in [3.63, 3.8) is 0 Å². The van der Waals surface area contributed by atoms with Crippen LogP contribution in [0.1, 0.15) is 25.6 Å². The molecule has 2 aromatic carbocycles. The highest BCUT2D eigenvalue weighted by Gasteiger charge is 2.21. The highest BCUT2D eigenvalue weighted by molar-refractivity contribution is 5.96. The summed E-state index contributed by atoms with van der Waals surface area (Å²) in [6.07, 6.45) is 1.65. The van der Waals surface area contributed by atoms with Gasteiger partial charge >= 0.3 is 0 Å². The van der Waals surface area contributed by atoms with Crippen LogP contribution in [0.5, 0.6) is 0 Å². The molecule has 23 heavy (non-hydrogen) atoms. The molecule has 0 saturated carbocycles. The van der Waals surface area contributed by atoms with Crippen LogP contribution in [-0.2, 0) is 4.79 Å². The van der Waals surface area contributed by atoms with Gasteiger partial charge in [-0.05, 0) is 48.9 Å². The van der Waals surface area contributed by atoms with Gasteiger partial charge in [-0.3, -0.25) is 4.79 Å². The molecule has 0 aliphatic rings. The van der Waals surface area contributed by atoms with E-state index in [2.05, 4.69) is 11.4 Å². The number of fused-ring (bicyclic) bond motifs is 1. The molecule has 3 aromatic rings. The van der Waals surface area contributed by atoms with Crippen LogP contribution in [0, 0.1) is 0 Å². The molecule has 0 bridgehead atoms. The highest BCUT2D eigenvalue weighted by Crippen LogP contribution is 2.18. The molecule has 0 aliphatic heterocycles. The van der Waals surface area contributed by atoms with E-state index in [9.17, 15) is 4.79 Å². The first-order valence-electron chi connectivity index (χ1n) is 7.81. The smallest absolute Gasteiger partial charge is 0.282 e. The Hall–Kier alpha value is -2.59. The number of nitrogens with one attached hydrogen (secondary N) is 1. The fourth-order valence-corrected chi connectivity index (χ4v) is 2.69. The summed E-state index contributed by atoms with van der Waals surface area (Å²) in [5.74, 6) is 0.856. The van der Waals surface area contributed by atoms with Crippen molar-refractivity contribution in [3.8, 4) is 0 Å². The first-order valence-corrected chi connectivity index (χ1v) is 7.81. The summed E-state index contributed by atoms with van der Waals surface area (Å²) >= 11 is 0. The van der Waals surface area contributed by atoms with Crippen LogP contribution in [0.4, 0.5) is 5.69 Å². The van der Waals surface area contributed by atoms with Crippen molar-refractivity contribution in [3.05, 3.63) is 66.6 Å². The number of hydrogen-bond donors (Lipinski definition) is 2. The lowest BCUT2D eigenvalue weighted by molar-refractivity contribution is -0.711. The van der Waals surface area contributed by atoms with E-state index in [0.717, 1.165) is 22.2 Å². The van der Waals surface area contributed by atoms with E-state index >= 15 is 0 Å². The van der Waals surface area contributed by atoms with E-state index < -0.39 is 0 Å². The SMILES string of the molecule is C[C@@H]([NH2+][C@H](C)c1ccco1)C(=O)Nc1ccc2ccccc2c1. The number of carbonyl (C=O) groups is 1. The van der Waals surface area contributed by atoms with Gasteiger partial charge in [0.05, 0.1) is 6.26 Å². The highest BCUT2D eigenvalue weighted by atomic mass is 16.3. The molecule has 3 N–H and O–H groups in total. The van der Waals surface area contributed by atoms with E-state index in [-0.39, 0.29) is 18.0 Å². The van der Waals surface area contributed by atoms with Crippen LogP contribution in [0.15, 0.2) is 65.3 Å². The van der Waals surface area contributed by atoms with Gasteiger partial charge < -0.3 is 15.1 Å². The van der Waals surface area contributed by atoms with Crippen LogP contribution in [-0.4, -0.2) is 11.9 Å². The molecule has 0 spiro atoms. The Morgan fingerprint density at radius 2 is 1.83 bits per heavy atom.